The Kier molecular flexibility index (Phi) is 6.40. The molecule has 3 aromatic rings. The van der Waals surface area contributed by atoms with Gasteiger partial charge in [0.2, 0.25) is 0 Å². The molecule has 2 aromatic heterocycles. The third-order valence-corrected chi connectivity index (χ3v) is 8.13. The van der Waals surface area contributed by atoms with E-state index in [1.165, 1.54) is 11.3 Å². The molecule has 1 aliphatic heterocycles. The second-order valence-electron chi connectivity index (χ2n) is 6.82. The quantitative estimate of drug-likeness (QED) is 0.507. The zero-order chi connectivity index (χ0) is 22.0. The van der Waals surface area contributed by atoms with Crippen LogP contribution in [-0.4, -0.2) is 23.9 Å². The fraction of sp³-hybridized carbons (Fsp3) is 0.0909. The summed E-state index contributed by atoms with van der Waals surface area (Å²) in [7, 11) is -2.14. The molecule has 0 N–H and O–H groups in total. The lowest BCUT2D eigenvalue weighted by molar-refractivity contribution is -1.91. The van der Waals surface area contributed by atoms with Crippen molar-refractivity contribution in [2.45, 2.75) is 0 Å². The van der Waals surface area contributed by atoms with Gasteiger partial charge in [0.05, 0.1) is 25.7 Å². The molecule has 0 bridgehead atoms. The number of anilines is 1. The molecule has 160 valence electrons. The van der Waals surface area contributed by atoms with E-state index in [9.17, 15) is 14.0 Å². The summed E-state index contributed by atoms with van der Waals surface area (Å²) in [5.41, 5.74) is 3.45. The van der Waals surface area contributed by atoms with E-state index in [0.717, 1.165) is 21.7 Å². The molecule has 0 saturated heterocycles. The van der Waals surface area contributed by atoms with Gasteiger partial charge in [0.15, 0.2) is 10.8 Å². The molecular weight excluding hydrogens is 456 g/mol. The summed E-state index contributed by atoms with van der Waals surface area (Å²) < 4.78 is 39.7. The predicted molar refractivity (Wildman–Crippen MR) is 118 cm³/mol. The van der Waals surface area contributed by atoms with E-state index in [-0.39, 0.29) is 0 Å². The van der Waals surface area contributed by atoms with Crippen molar-refractivity contribution in [3.63, 3.8) is 0 Å². The van der Waals surface area contributed by atoms with Gasteiger partial charge in [-0.2, -0.15) is 14.0 Å². The molecule has 9 heteroatoms. The third-order valence-electron chi connectivity index (χ3n) is 4.51. The first-order valence-corrected chi connectivity index (χ1v) is 12.5. The van der Waals surface area contributed by atoms with Gasteiger partial charge in [-0.15, -0.1) is 11.3 Å². The van der Waals surface area contributed by atoms with Gasteiger partial charge < -0.3 is 4.90 Å². The van der Waals surface area contributed by atoms with Crippen molar-refractivity contribution in [3.05, 3.63) is 94.5 Å². The average molecular weight is 475 g/mol. The maximum Gasteiger partial charge on any atom is 0.150 e. The van der Waals surface area contributed by atoms with Crippen molar-refractivity contribution in [1.29, 1.82) is 0 Å². The van der Waals surface area contributed by atoms with E-state index in [1.807, 2.05) is 79.0 Å². The monoisotopic (exact) mass is 474 g/mol. The molecule has 3 heterocycles. The summed E-state index contributed by atoms with van der Waals surface area (Å²) >= 11 is 1.45. The topological polar surface area (TPSA) is 94.5 Å². The molecular formula is C22H19ClN2O4S2. The van der Waals surface area contributed by atoms with Crippen LogP contribution in [0.25, 0.3) is 10.5 Å². The van der Waals surface area contributed by atoms with Crippen LogP contribution in [0.4, 0.5) is 5.69 Å². The van der Waals surface area contributed by atoms with Crippen LogP contribution < -0.4 is 18.9 Å². The van der Waals surface area contributed by atoms with Gasteiger partial charge in [-0.25, -0.2) is 0 Å². The highest BCUT2D eigenvalue weighted by Crippen LogP contribution is 2.46. The normalized spacial score (nSPS) is 16.7. The zero-order valence-electron chi connectivity index (χ0n) is 16.7. The number of rotatable bonds is 6. The molecule has 1 aliphatic rings. The van der Waals surface area contributed by atoms with Crippen LogP contribution in [0.5, 0.6) is 0 Å². The van der Waals surface area contributed by atoms with E-state index < -0.39 is 21.0 Å². The van der Waals surface area contributed by atoms with Gasteiger partial charge in [-0.3, -0.25) is 4.98 Å². The van der Waals surface area contributed by atoms with Crippen molar-refractivity contribution in [2.75, 3.05) is 19.0 Å². The third kappa shape index (κ3) is 5.13. The molecule has 0 spiro atoms. The summed E-state index contributed by atoms with van der Waals surface area (Å²) in [6.45, 7) is 0. The van der Waals surface area contributed by atoms with Crippen LogP contribution in [0.2, 0.25) is 0 Å². The van der Waals surface area contributed by atoms with Crippen LogP contribution in [0.15, 0.2) is 78.3 Å². The number of nitrogens with zero attached hydrogens (tertiary/aromatic N) is 2. The van der Waals surface area contributed by atoms with E-state index in [1.54, 1.807) is 18.3 Å². The highest BCUT2D eigenvalue weighted by Gasteiger charge is 2.32. The van der Waals surface area contributed by atoms with Gasteiger partial charge in [0, 0.05) is 30.9 Å². The largest absolute Gasteiger partial charge is 0.378 e. The van der Waals surface area contributed by atoms with Crippen molar-refractivity contribution in [3.8, 4) is 0 Å². The highest BCUT2D eigenvalue weighted by atomic mass is 35.7. The second-order valence-corrected chi connectivity index (χ2v) is 10.4. The molecule has 31 heavy (non-hydrogen) atoms. The van der Waals surface area contributed by atoms with Gasteiger partial charge in [0.25, 0.3) is 0 Å². The predicted octanol–water partition coefficient (Wildman–Crippen LogP) is 1.97. The Labute approximate surface area is 189 Å². The van der Waals surface area contributed by atoms with Crippen LogP contribution in [0.1, 0.15) is 16.1 Å². The van der Waals surface area contributed by atoms with Gasteiger partial charge in [-0.1, -0.05) is 24.3 Å². The fourth-order valence-corrected chi connectivity index (χ4v) is 6.51. The Hall–Kier alpha value is -2.30. The van der Waals surface area contributed by atoms with Crippen molar-refractivity contribution in [1.82, 2.24) is 4.98 Å². The van der Waals surface area contributed by atoms with Gasteiger partial charge in [0.1, 0.15) is 3.74 Å². The SMILES string of the molecule is CN(C)c1ccc(C2=CC(c3ccccn3)=S(O[Cl+3]([O-])([O-])[O-])C(c3cccs3)=C2)cc1. The molecule has 4 rings (SSSR count). The first-order valence-electron chi connectivity index (χ1n) is 9.20. The Morgan fingerprint density at radius 1 is 0.968 bits per heavy atom. The van der Waals surface area contributed by atoms with E-state index in [0.29, 0.717) is 15.5 Å². The van der Waals surface area contributed by atoms with E-state index in [4.69, 9.17) is 3.74 Å². The molecule has 0 radical (unpaired) electrons. The maximum atomic E-state index is 11.6. The molecule has 6 nitrogen and oxygen atoms in total. The van der Waals surface area contributed by atoms with E-state index >= 15 is 0 Å². The van der Waals surface area contributed by atoms with E-state index in [2.05, 4.69) is 4.98 Å². The minimum Gasteiger partial charge on any atom is -0.378 e. The summed E-state index contributed by atoms with van der Waals surface area (Å²) in [5, 5.41) is 1.89. The van der Waals surface area contributed by atoms with Crippen molar-refractivity contribution < 1.29 is 28.0 Å². The lowest BCUT2D eigenvalue weighted by Crippen LogP contribution is -2.60. The minimum atomic E-state index is -4.64. The maximum absolute atomic E-state index is 11.6. The Bertz CT molecular complexity index is 1150. The number of thiophene rings is 1. The molecule has 1 aromatic carbocycles. The number of halogens is 1. The molecule has 0 aliphatic carbocycles. The summed E-state index contributed by atoms with van der Waals surface area (Å²) in [4.78, 5) is 8.37. The molecule has 0 amide bonds. The standard InChI is InChI=1S/C22H19ClN2O4S2/c1-25(2)18-10-8-16(9-11-18)17-14-21(19-6-3-4-12-24-19)31(29-23(26,27)28)22(15-17)20-7-5-13-30-20/h3-15H,1-2H3. The Morgan fingerprint density at radius 2 is 1.74 bits per heavy atom. The van der Waals surface area contributed by atoms with Crippen LogP contribution in [-0.2, 0) is 3.74 Å². The molecule has 1 unspecified atom stereocenters. The molecule has 1 atom stereocenters. The number of hydrogen-bond donors (Lipinski definition) is 0. The summed E-state index contributed by atoms with van der Waals surface area (Å²) in [6.07, 6.45) is 5.34. The second kappa shape index (κ2) is 9.05. The van der Waals surface area contributed by atoms with Crippen LogP contribution in [0, 0.1) is 10.2 Å². The highest BCUT2D eigenvalue weighted by molar-refractivity contribution is 8.20. The smallest absolute Gasteiger partial charge is 0.150 e. The Balaban J connectivity index is 1.92. The van der Waals surface area contributed by atoms with Gasteiger partial charge in [-0.05, 0) is 59.0 Å². The summed E-state index contributed by atoms with van der Waals surface area (Å²) in [6, 6.07) is 17.1. The Morgan fingerprint density at radius 3 is 2.32 bits per heavy atom. The number of pyridine rings is 1. The van der Waals surface area contributed by atoms with Crippen molar-refractivity contribution in [2.24, 2.45) is 0 Å². The fourth-order valence-electron chi connectivity index (χ4n) is 3.07. The minimum absolute atomic E-state index is 0.533. The molecule has 0 saturated carbocycles. The lowest BCUT2D eigenvalue weighted by atomic mass is 10.0. The lowest BCUT2D eigenvalue weighted by Gasteiger charge is -2.21. The number of allylic oxidation sites excluding steroid dienone is 3. The number of hydrogen-bond acceptors (Lipinski definition) is 7. The van der Waals surface area contributed by atoms with Gasteiger partial charge >= 0.3 is 0 Å². The average Bonchev–Trinajstić information content (AvgIpc) is 3.28. The zero-order valence-corrected chi connectivity index (χ0v) is 19.1. The number of benzene rings is 1. The van der Waals surface area contributed by atoms with Crippen molar-refractivity contribution >= 4 is 43.1 Å². The van der Waals surface area contributed by atoms with Crippen LogP contribution >= 0.6 is 22.1 Å². The number of aromatic nitrogens is 1. The summed E-state index contributed by atoms with van der Waals surface area (Å²) in [5.74, 6) is 0. The van der Waals surface area contributed by atoms with Crippen LogP contribution in [0.3, 0.4) is 0 Å². The first-order chi connectivity index (χ1) is 14.8. The first kappa shape index (κ1) is 21.9. The molecule has 0 fully saturated rings.